The molecule has 6 nitrogen and oxygen atoms in total. The number of benzene rings is 2. The molecule has 0 fully saturated rings. The lowest BCUT2D eigenvalue weighted by molar-refractivity contribution is 0.287. The summed E-state index contributed by atoms with van der Waals surface area (Å²) < 4.78 is 2.04. The Morgan fingerprint density at radius 3 is 2.64 bits per heavy atom. The highest BCUT2D eigenvalue weighted by Gasteiger charge is 2.25. The summed E-state index contributed by atoms with van der Waals surface area (Å²) in [6, 6.07) is 19.0. The number of hydrazine groups is 2. The van der Waals surface area contributed by atoms with Gasteiger partial charge in [0.15, 0.2) is 5.84 Å². The number of rotatable bonds is 7. The van der Waals surface area contributed by atoms with Crippen molar-refractivity contribution in [3.05, 3.63) is 83.0 Å². The highest BCUT2D eigenvalue weighted by atomic mass is 32.2. The first-order chi connectivity index (χ1) is 13.7. The third kappa shape index (κ3) is 4.05. The lowest BCUT2D eigenvalue weighted by Crippen LogP contribution is -2.40. The monoisotopic (exact) mass is 392 g/mol. The number of hydrogen-bond acceptors (Lipinski definition) is 6. The van der Waals surface area contributed by atoms with Crippen molar-refractivity contribution in [2.75, 3.05) is 0 Å². The third-order valence-electron chi connectivity index (χ3n) is 4.58. The zero-order valence-electron chi connectivity index (χ0n) is 16.1. The Hall–Kier alpha value is -2.77. The van der Waals surface area contributed by atoms with Crippen LogP contribution in [0.4, 0.5) is 0 Å². The molecular weight excluding hydrogens is 368 g/mol. The Morgan fingerprint density at radius 1 is 1.04 bits per heavy atom. The molecule has 0 unspecified atom stereocenters. The molecule has 4 rings (SSSR count). The van der Waals surface area contributed by atoms with Crippen molar-refractivity contribution in [3.63, 3.8) is 0 Å². The Morgan fingerprint density at radius 2 is 1.86 bits per heavy atom. The molecule has 3 aromatic rings. The number of amidine groups is 1. The number of aromatic nitrogens is 2. The van der Waals surface area contributed by atoms with Gasteiger partial charge in [-0.2, -0.15) is 5.10 Å². The quantitative estimate of drug-likeness (QED) is 0.601. The topological polar surface area (TPSA) is 57.5 Å². The summed E-state index contributed by atoms with van der Waals surface area (Å²) in [6.45, 7) is 5.76. The molecule has 0 radical (unpaired) electrons. The SMILES string of the molecule is CCn1ncc(C2=NNNN2Cc2cccc(C)c2)c1SCc1ccccc1. The summed E-state index contributed by atoms with van der Waals surface area (Å²) in [7, 11) is 0. The Bertz CT molecular complexity index is 966. The molecule has 1 aliphatic heterocycles. The first kappa shape index (κ1) is 18.6. The maximum absolute atomic E-state index is 4.58. The molecule has 0 aliphatic carbocycles. The third-order valence-corrected chi connectivity index (χ3v) is 5.76. The maximum Gasteiger partial charge on any atom is 0.177 e. The molecule has 1 aromatic heterocycles. The van der Waals surface area contributed by atoms with Crippen LogP contribution in [0.25, 0.3) is 0 Å². The zero-order chi connectivity index (χ0) is 19.3. The van der Waals surface area contributed by atoms with Crippen LogP contribution in [0.2, 0.25) is 0 Å². The minimum Gasteiger partial charge on any atom is -0.266 e. The van der Waals surface area contributed by atoms with Crippen LogP contribution in [0.1, 0.15) is 29.2 Å². The average Bonchev–Trinajstić information content (AvgIpc) is 3.33. The molecular formula is C21H24N6S. The number of hydrogen-bond donors (Lipinski definition) is 2. The van der Waals surface area contributed by atoms with Gasteiger partial charge in [-0.05, 0) is 25.0 Å². The first-order valence-corrected chi connectivity index (χ1v) is 10.4. The lowest BCUT2D eigenvalue weighted by atomic mass is 10.1. The van der Waals surface area contributed by atoms with Gasteiger partial charge in [-0.3, -0.25) is 9.69 Å². The Labute approximate surface area is 169 Å². The molecule has 0 atom stereocenters. The summed E-state index contributed by atoms with van der Waals surface area (Å²) in [6.07, 6.45) is 1.91. The maximum atomic E-state index is 4.58. The molecule has 1 aliphatic rings. The number of nitrogens with zero attached hydrogens (tertiary/aromatic N) is 4. The van der Waals surface area contributed by atoms with E-state index >= 15 is 0 Å². The number of nitrogens with one attached hydrogen (secondary N) is 2. The second-order valence-electron chi connectivity index (χ2n) is 6.69. The van der Waals surface area contributed by atoms with Crippen LogP contribution in [0.5, 0.6) is 0 Å². The van der Waals surface area contributed by atoms with E-state index in [1.54, 1.807) is 11.8 Å². The molecule has 0 amide bonds. The van der Waals surface area contributed by atoms with Gasteiger partial charge in [0.05, 0.1) is 18.3 Å². The summed E-state index contributed by atoms with van der Waals surface area (Å²) in [5, 5.41) is 12.2. The van der Waals surface area contributed by atoms with Crippen LogP contribution in [0.3, 0.4) is 0 Å². The Balaban J connectivity index is 1.56. The molecule has 7 heteroatoms. The lowest BCUT2D eigenvalue weighted by Gasteiger charge is -2.19. The van der Waals surface area contributed by atoms with Gasteiger partial charge in [0, 0.05) is 12.3 Å². The smallest absolute Gasteiger partial charge is 0.177 e. The van der Waals surface area contributed by atoms with E-state index in [2.05, 4.69) is 83.6 Å². The van der Waals surface area contributed by atoms with Gasteiger partial charge in [0.25, 0.3) is 0 Å². The van der Waals surface area contributed by atoms with Crippen molar-refractivity contribution in [2.45, 2.75) is 37.7 Å². The largest absolute Gasteiger partial charge is 0.266 e. The van der Waals surface area contributed by atoms with Crippen LogP contribution in [0, 0.1) is 6.92 Å². The van der Waals surface area contributed by atoms with Crippen LogP contribution < -0.4 is 11.1 Å². The standard InChI is InChI=1S/C21H24N6S/c1-3-26-21(28-15-17-9-5-4-6-10-17)19(13-22-26)20-23-24-25-27(20)14-18-11-7-8-16(2)12-18/h4-13,24-25H,3,14-15H2,1-2H3. The van der Waals surface area contributed by atoms with Gasteiger partial charge in [-0.25, -0.2) is 5.53 Å². The molecule has 144 valence electrons. The fourth-order valence-corrected chi connectivity index (χ4v) is 4.32. The van der Waals surface area contributed by atoms with Crippen LogP contribution in [-0.2, 0) is 18.8 Å². The van der Waals surface area contributed by atoms with E-state index in [0.29, 0.717) is 6.54 Å². The molecule has 2 heterocycles. The van der Waals surface area contributed by atoms with Gasteiger partial charge < -0.3 is 0 Å². The van der Waals surface area contributed by atoms with E-state index in [1.165, 1.54) is 16.7 Å². The predicted molar refractivity (Wildman–Crippen MR) is 113 cm³/mol. The zero-order valence-corrected chi connectivity index (χ0v) is 16.9. The van der Waals surface area contributed by atoms with Gasteiger partial charge in [-0.15, -0.1) is 22.4 Å². The van der Waals surface area contributed by atoms with E-state index in [-0.39, 0.29) is 0 Å². The minimum atomic E-state index is 0.716. The Kier molecular flexibility index (Phi) is 5.64. The summed E-state index contributed by atoms with van der Waals surface area (Å²) >= 11 is 1.79. The first-order valence-electron chi connectivity index (χ1n) is 9.39. The normalized spacial score (nSPS) is 13.5. The summed E-state index contributed by atoms with van der Waals surface area (Å²) in [5.74, 6) is 1.75. The van der Waals surface area contributed by atoms with E-state index in [9.17, 15) is 0 Å². The van der Waals surface area contributed by atoms with Crippen molar-refractivity contribution < 1.29 is 0 Å². The molecule has 2 N–H and O–H groups in total. The highest BCUT2D eigenvalue weighted by Crippen LogP contribution is 2.28. The average molecular weight is 393 g/mol. The number of aryl methyl sites for hydroxylation is 2. The molecule has 2 aromatic carbocycles. The fourth-order valence-electron chi connectivity index (χ4n) is 3.20. The number of hydrazone groups is 1. The van der Waals surface area contributed by atoms with E-state index < -0.39 is 0 Å². The van der Waals surface area contributed by atoms with Crippen molar-refractivity contribution >= 4 is 17.6 Å². The summed E-state index contributed by atoms with van der Waals surface area (Å²) in [4.78, 5) is 0. The van der Waals surface area contributed by atoms with E-state index in [0.717, 1.165) is 28.7 Å². The molecule has 0 saturated carbocycles. The van der Waals surface area contributed by atoms with Crippen molar-refractivity contribution in [1.29, 1.82) is 0 Å². The second-order valence-corrected chi connectivity index (χ2v) is 7.65. The van der Waals surface area contributed by atoms with Crippen molar-refractivity contribution in [3.8, 4) is 0 Å². The molecule has 28 heavy (non-hydrogen) atoms. The minimum absolute atomic E-state index is 0.716. The van der Waals surface area contributed by atoms with Crippen molar-refractivity contribution in [1.82, 2.24) is 25.9 Å². The van der Waals surface area contributed by atoms with Crippen LogP contribution in [-0.4, -0.2) is 20.6 Å². The van der Waals surface area contributed by atoms with Crippen molar-refractivity contribution in [2.24, 2.45) is 5.10 Å². The second kappa shape index (κ2) is 8.50. The molecule has 0 spiro atoms. The highest BCUT2D eigenvalue weighted by molar-refractivity contribution is 7.98. The van der Waals surface area contributed by atoms with Gasteiger partial charge in [-0.1, -0.05) is 60.2 Å². The predicted octanol–water partition coefficient (Wildman–Crippen LogP) is 3.69. The molecule has 0 saturated heterocycles. The van der Waals surface area contributed by atoms with Gasteiger partial charge >= 0.3 is 0 Å². The fraction of sp³-hybridized carbons (Fsp3) is 0.238. The summed E-state index contributed by atoms with van der Waals surface area (Å²) in [5.41, 5.74) is 10.8. The van der Waals surface area contributed by atoms with E-state index in [1.807, 2.05) is 22.0 Å². The van der Waals surface area contributed by atoms with Gasteiger partial charge in [0.2, 0.25) is 0 Å². The van der Waals surface area contributed by atoms with Gasteiger partial charge in [0.1, 0.15) is 5.03 Å². The number of thioether (sulfide) groups is 1. The van der Waals surface area contributed by atoms with Crippen LogP contribution in [0.15, 0.2) is 70.9 Å². The molecule has 0 bridgehead atoms. The van der Waals surface area contributed by atoms with Crippen LogP contribution >= 0.6 is 11.8 Å². The van der Waals surface area contributed by atoms with E-state index in [4.69, 9.17) is 0 Å².